The Kier molecular flexibility index (Phi) is 4.61. The van der Waals surface area contributed by atoms with Gasteiger partial charge >= 0.3 is 5.97 Å². The SMILES string of the molecule is COC(=O)c1ccnc(N(C)Cc2cc(Br)cs2)c1N. The number of nitrogens with two attached hydrogens (primary N) is 1. The Bertz CT molecular complexity index is 630. The van der Waals surface area contributed by atoms with Crippen molar-refractivity contribution in [3.63, 3.8) is 0 Å². The monoisotopic (exact) mass is 355 g/mol. The number of pyridine rings is 1. The zero-order chi connectivity index (χ0) is 14.7. The Morgan fingerprint density at radius 3 is 2.95 bits per heavy atom. The van der Waals surface area contributed by atoms with E-state index in [0.717, 1.165) is 4.47 Å². The van der Waals surface area contributed by atoms with E-state index in [2.05, 4.69) is 20.9 Å². The molecule has 5 nitrogen and oxygen atoms in total. The van der Waals surface area contributed by atoms with E-state index in [1.54, 1.807) is 23.6 Å². The number of carbonyl (C=O) groups excluding carboxylic acids is 1. The van der Waals surface area contributed by atoms with E-state index < -0.39 is 5.97 Å². The van der Waals surface area contributed by atoms with E-state index in [1.165, 1.54) is 12.0 Å². The fourth-order valence-corrected chi connectivity index (χ4v) is 3.30. The van der Waals surface area contributed by atoms with Crippen LogP contribution in [-0.2, 0) is 11.3 Å². The van der Waals surface area contributed by atoms with Crippen LogP contribution < -0.4 is 10.6 Å². The summed E-state index contributed by atoms with van der Waals surface area (Å²) in [6.45, 7) is 0.665. The van der Waals surface area contributed by atoms with Gasteiger partial charge in [0.15, 0.2) is 5.82 Å². The summed E-state index contributed by atoms with van der Waals surface area (Å²) < 4.78 is 5.76. The first-order valence-electron chi connectivity index (χ1n) is 5.79. The molecule has 0 unspecified atom stereocenters. The summed E-state index contributed by atoms with van der Waals surface area (Å²) in [7, 11) is 3.21. The van der Waals surface area contributed by atoms with Crippen LogP contribution in [0.15, 0.2) is 28.2 Å². The number of anilines is 2. The van der Waals surface area contributed by atoms with Crippen molar-refractivity contribution < 1.29 is 9.53 Å². The van der Waals surface area contributed by atoms with Gasteiger partial charge < -0.3 is 15.4 Å². The number of carbonyl (C=O) groups is 1. The van der Waals surface area contributed by atoms with Crippen LogP contribution in [0.5, 0.6) is 0 Å². The summed E-state index contributed by atoms with van der Waals surface area (Å²) in [4.78, 5) is 18.9. The number of hydrogen-bond acceptors (Lipinski definition) is 6. The van der Waals surface area contributed by atoms with Crippen LogP contribution in [0.3, 0.4) is 0 Å². The van der Waals surface area contributed by atoms with Crippen molar-refractivity contribution in [3.05, 3.63) is 38.6 Å². The van der Waals surface area contributed by atoms with Crippen molar-refractivity contribution in [2.45, 2.75) is 6.54 Å². The lowest BCUT2D eigenvalue weighted by Crippen LogP contribution is -2.20. The van der Waals surface area contributed by atoms with Gasteiger partial charge in [-0.3, -0.25) is 0 Å². The number of nitrogens with zero attached hydrogens (tertiary/aromatic N) is 2. The summed E-state index contributed by atoms with van der Waals surface area (Å²) >= 11 is 5.07. The largest absolute Gasteiger partial charge is 0.465 e. The predicted octanol–water partition coefficient (Wildman–Crippen LogP) is 2.91. The van der Waals surface area contributed by atoms with Crippen LogP contribution >= 0.6 is 27.3 Å². The van der Waals surface area contributed by atoms with Crippen LogP contribution in [0.2, 0.25) is 0 Å². The Morgan fingerprint density at radius 2 is 2.35 bits per heavy atom. The topological polar surface area (TPSA) is 68.5 Å². The number of ether oxygens (including phenoxy) is 1. The standard InChI is InChI=1S/C13H14BrN3O2S/c1-17(6-9-5-8(14)7-20-9)12-11(15)10(3-4-16-12)13(18)19-2/h3-5,7H,6,15H2,1-2H3. The average molecular weight is 356 g/mol. The molecule has 0 aliphatic rings. The highest BCUT2D eigenvalue weighted by atomic mass is 79.9. The molecule has 0 saturated carbocycles. The van der Waals surface area contributed by atoms with Crippen molar-refractivity contribution in [2.75, 3.05) is 24.8 Å². The summed E-state index contributed by atoms with van der Waals surface area (Å²) in [6.07, 6.45) is 1.55. The normalized spacial score (nSPS) is 10.3. The molecule has 2 aromatic rings. The predicted molar refractivity (Wildman–Crippen MR) is 84.1 cm³/mol. The summed E-state index contributed by atoms with van der Waals surface area (Å²) in [6, 6.07) is 3.60. The number of aromatic nitrogens is 1. The van der Waals surface area contributed by atoms with Crippen LogP contribution in [0.25, 0.3) is 0 Å². The van der Waals surface area contributed by atoms with E-state index in [0.29, 0.717) is 23.6 Å². The third-order valence-electron chi connectivity index (χ3n) is 2.75. The fraction of sp³-hybridized carbons (Fsp3) is 0.231. The molecule has 2 rings (SSSR count). The number of nitrogen functional groups attached to an aromatic ring is 1. The van der Waals surface area contributed by atoms with Gasteiger partial charge in [0.1, 0.15) is 0 Å². The molecule has 0 radical (unpaired) electrons. The molecule has 0 spiro atoms. The molecule has 2 heterocycles. The number of halogens is 1. The maximum absolute atomic E-state index is 11.6. The molecule has 0 amide bonds. The van der Waals surface area contributed by atoms with Crippen molar-refractivity contribution in [2.24, 2.45) is 0 Å². The molecule has 0 bridgehead atoms. The molecule has 2 aromatic heterocycles. The second-order valence-electron chi connectivity index (χ2n) is 4.17. The Balaban J connectivity index is 2.26. The summed E-state index contributed by atoms with van der Waals surface area (Å²) in [5.74, 6) is 0.107. The lowest BCUT2D eigenvalue weighted by atomic mass is 10.2. The third-order valence-corrected chi connectivity index (χ3v) is 4.43. The number of rotatable bonds is 4. The van der Waals surface area contributed by atoms with E-state index in [1.807, 2.05) is 23.4 Å². The van der Waals surface area contributed by atoms with Crippen molar-refractivity contribution in [1.29, 1.82) is 0 Å². The van der Waals surface area contributed by atoms with Crippen molar-refractivity contribution in [1.82, 2.24) is 4.98 Å². The van der Waals surface area contributed by atoms with Crippen molar-refractivity contribution >= 4 is 44.7 Å². The van der Waals surface area contributed by atoms with E-state index in [4.69, 9.17) is 10.5 Å². The molecule has 7 heteroatoms. The lowest BCUT2D eigenvalue weighted by molar-refractivity contribution is 0.0602. The van der Waals surface area contributed by atoms with Gasteiger partial charge in [0.25, 0.3) is 0 Å². The second kappa shape index (κ2) is 6.23. The van der Waals surface area contributed by atoms with Gasteiger partial charge in [-0.25, -0.2) is 9.78 Å². The highest BCUT2D eigenvalue weighted by Gasteiger charge is 2.16. The highest BCUT2D eigenvalue weighted by Crippen LogP contribution is 2.27. The molecule has 0 aliphatic heterocycles. The zero-order valence-electron chi connectivity index (χ0n) is 11.1. The molecular weight excluding hydrogens is 342 g/mol. The molecule has 0 atom stereocenters. The fourth-order valence-electron chi connectivity index (χ4n) is 1.80. The van der Waals surface area contributed by atoms with Crippen molar-refractivity contribution in [3.8, 4) is 0 Å². The first kappa shape index (κ1) is 14.8. The minimum atomic E-state index is -0.460. The number of hydrogen-bond donors (Lipinski definition) is 1. The Labute approximate surface area is 129 Å². The van der Waals surface area contributed by atoms with Gasteiger partial charge in [0.2, 0.25) is 0 Å². The quantitative estimate of drug-likeness (QED) is 0.854. The smallest absolute Gasteiger partial charge is 0.340 e. The second-order valence-corrected chi connectivity index (χ2v) is 6.09. The van der Waals surface area contributed by atoms with Crippen LogP contribution in [0, 0.1) is 0 Å². The lowest BCUT2D eigenvalue weighted by Gasteiger charge is -2.20. The molecule has 0 aromatic carbocycles. The van der Waals surface area contributed by atoms with Gasteiger partial charge in [-0.1, -0.05) is 0 Å². The van der Waals surface area contributed by atoms with Gasteiger partial charge in [-0.15, -0.1) is 11.3 Å². The number of esters is 1. The third kappa shape index (κ3) is 3.10. The minimum absolute atomic E-state index is 0.330. The maximum Gasteiger partial charge on any atom is 0.340 e. The van der Waals surface area contributed by atoms with Crippen LogP contribution in [0.1, 0.15) is 15.2 Å². The molecule has 106 valence electrons. The Hall–Kier alpha value is -1.60. The van der Waals surface area contributed by atoms with Gasteiger partial charge in [-0.05, 0) is 28.1 Å². The average Bonchev–Trinajstić information content (AvgIpc) is 2.83. The maximum atomic E-state index is 11.6. The molecule has 0 saturated heterocycles. The highest BCUT2D eigenvalue weighted by molar-refractivity contribution is 9.10. The minimum Gasteiger partial charge on any atom is -0.465 e. The van der Waals surface area contributed by atoms with Crippen LogP contribution in [0.4, 0.5) is 11.5 Å². The van der Waals surface area contributed by atoms with Crippen LogP contribution in [-0.4, -0.2) is 25.1 Å². The Morgan fingerprint density at radius 1 is 1.60 bits per heavy atom. The number of thiophene rings is 1. The first-order valence-corrected chi connectivity index (χ1v) is 7.47. The van der Waals surface area contributed by atoms with Gasteiger partial charge in [0, 0.05) is 28.0 Å². The zero-order valence-corrected chi connectivity index (χ0v) is 13.5. The van der Waals surface area contributed by atoms with E-state index in [9.17, 15) is 4.79 Å². The van der Waals surface area contributed by atoms with Gasteiger partial charge in [0.05, 0.1) is 24.9 Å². The molecule has 0 aliphatic carbocycles. The molecular formula is C13H14BrN3O2S. The summed E-state index contributed by atoms with van der Waals surface area (Å²) in [5, 5.41) is 2.02. The van der Waals surface area contributed by atoms with Gasteiger partial charge in [-0.2, -0.15) is 0 Å². The molecule has 0 fully saturated rings. The number of methoxy groups -OCH3 is 1. The van der Waals surface area contributed by atoms with E-state index >= 15 is 0 Å². The summed E-state index contributed by atoms with van der Waals surface area (Å²) in [5.41, 5.74) is 6.67. The molecule has 2 N–H and O–H groups in total. The van der Waals surface area contributed by atoms with E-state index in [-0.39, 0.29) is 0 Å². The molecule has 20 heavy (non-hydrogen) atoms. The first-order chi connectivity index (χ1) is 9.52.